The summed E-state index contributed by atoms with van der Waals surface area (Å²) in [6, 6.07) is 23.2. The summed E-state index contributed by atoms with van der Waals surface area (Å²) < 4.78 is 26.6. The largest absolute Gasteiger partial charge is 0.366 e. The maximum absolute atomic E-state index is 13.9. The fourth-order valence-electron chi connectivity index (χ4n) is 3.23. The number of alkyl halides is 1. The van der Waals surface area contributed by atoms with Crippen molar-refractivity contribution in [3.05, 3.63) is 116 Å². The van der Waals surface area contributed by atoms with E-state index in [0.29, 0.717) is 45.3 Å². The summed E-state index contributed by atoms with van der Waals surface area (Å²) in [5, 5.41) is 12.2. The molecule has 0 unspecified atom stereocenters. The van der Waals surface area contributed by atoms with E-state index in [1.165, 1.54) is 13.0 Å². The second-order valence-electron chi connectivity index (χ2n) is 8.13. The van der Waals surface area contributed by atoms with Crippen LogP contribution in [-0.2, 0) is 6.54 Å². The summed E-state index contributed by atoms with van der Waals surface area (Å²) in [6.07, 6.45) is 1.68. The highest BCUT2D eigenvalue weighted by molar-refractivity contribution is 9.10. The average Bonchev–Trinajstić information content (AvgIpc) is 3.36. The first kappa shape index (κ1) is 38.7. The standard InChI is InChI=1S/C19H13BrClFN4.C6H4Cl2.C2H5F.C2H9N3.BrH/c20-15-11-24-26-18(23-10-13-4-1-2-7-16(13)22)9-17(25-19(15)26)12-5-3-6-14(21)8-12;7-5-3-1-2-4-6(5)8;1-2-3;1-4-2-5-3;/h1-9,11,23H,10H2;1-4H;2H2,1H3;4-5H,2-3H2,1H3;1H. The quantitative estimate of drug-likeness (QED) is 0.0783. The number of nitrogens with zero attached hydrogens (tertiary/aromatic N) is 3. The molecule has 0 amide bonds. The minimum atomic E-state index is -0.250. The molecule has 232 valence electrons. The summed E-state index contributed by atoms with van der Waals surface area (Å²) in [7, 11) is 1.82. The zero-order chi connectivity index (χ0) is 30.9. The summed E-state index contributed by atoms with van der Waals surface area (Å²) >= 11 is 20.7. The molecule has 2 heterocycles. The van der Waals surface area contributed by atoms with Crippen molar-refractivity contribution >= 4 is 79.2 Å². The van der Waals surface area contributed by atoms with E-state index in [2.05, 4.69) is 42.1 Å². The molecule has 3 aromatic carbocycles. The van der Waals surface area contributed by atoms with Gasteiger partial charge in [0.1, 0.15) is 11.6 Å². The Bertz CT molecular complexity index is 1500. The van der Waals surface area contributed by atoms with Crippen LogP contribution in [0.25, 0.3) is 16.9 Å². The Hall–Kier alpha value is -2.35. The van der Waals surface area contributed by atoms with Crippen LogP contribution in [0, 0.1) is 5.82 Å². The van der Waals surface area contributed by atoms with Crippen LogP contribution in [0.2, 0.25) is 15.1 Å². The van der Waals surface area contributed by atoms with Crippen molar-refractivity contribution in [3.63, 3.8) is 0 Å². The van der Waals surface area contributed by atoms with Crippen molar-refractivity contribution in [1.82, 2.24) is 25.3 Å². The number of benzene rings is 3. The van der Waals surface area contributed by atoms with Crippen LogP contribution in [0.1, 0.15) is 12.5 Å². The molecule has 0 saturated heterocycles. The van der Waals surface area contributed by atoms with Crippen molar-refractivity contribution in [2.24, 2.45) is 5.84 Å². The topological polar surface area (TPSA) is 92.3 Å². The lowest BCUT2D eigenvalue weighted by molar-refractivity contribution is 0.527. The minimum Gasteiger partial charge on any atom is -0.366 e. The van der Waals surface area contributed by atoms with Gasteiger partial charge in [0.2, 0.25) is 0 Å². The van der Waals surface area contributed by atoms with Crippen molar-refractivity contribution in [3.8, 4) is 11.3 Å². The molecule has 43 heavy (non-hydrogen) atoms. The first-order chi connectivity index (χ1) is 20.2. The van der Waals surface area contributed by atoms with E-state index in [1.807, 2.05) is 55.6 Å². The highest BCUT2D eigenvalue weighted by Crippen LogP contribution is 2.27. The van der Waals surface area contributed by atoms with Crippen LogP contribution in [-0.4, -0.2) is 35.0 Å². The first-order valence-corrected chi connectivity index (χ1v) is 14.5. The molecule has 0 fully saturated rings. The number of nitrogens with two attached hydrogens (primary N) is 1. The zero-order valence-corrected chi connectivity index (χ0v) is 28.9. The fourth-order valence-corrected chi connectivity index (χ4v) is 4.04. The monoisotopic (exact) mass is 779 g/mol. The molecule has 0 atom stereocenters. The van der Waals surface area contributed by atoms with Crippen molar-refractivity contribution in [1.29, 1.82) is 0 Å². The van der Waals surface area contributed by atoms with Crippen molar-refractivity contribution < 1.29 is 8.78 Å². The Kier molecular flexibility index (Phi) is 19.2. The zero-order valence-electron chi connectivity index (χ0n) is 23.3. The van der Waals surface area contributed by atoms with Gasteiger partial charge in [-0.05, 0) is 60.2 Å². The van der Waals surface area contributed by atoms with E-state index in [-0.39, 0.29) is 29.5 Å². The molecule has 0 radical (unpaired) electrons. The van der Waals surface area contributed by atoms with E-state index < -0.39 is 0 Å². The molecule has 0 spiro atoms. The lowest BCUT2D eigenvalue weighted by Crippen LogP contribution is -2.31. The molecule has 0 saturated carbocycles. The van der Waals surface area contributed by atoms with Gasteiger partial charge in [0.25, 0.3) is 0 Å². The Labute approximate surface area is 284 Å². The third-order valence-corrected chi connectivity index (χ3v) is 6.62. The van der Waals surface area contributed by atoms with E-state index in [4.69, 9.17) is 40.6 Å². The normalized spacial score (nSPS) is 9.79. The van der Waals surface area contributed by atoms with Crippen LogP contribution in [0.4, 0.5) is 14.6 Å². The third-order valence-electron chi connectivity index (χ3n) is 5.07. The first-order valence-electron chi connectivity index (χ1n) is 12.6. The molecule has 5 N–H and O–H groups in total. The van der Waals surface area contributed by atoms with Crippen molar-refractivity contribution in [2.75, 3.05) is 25.7 Å². The molecular formula is C29H32Br2Cl3F2N7. The summed E-state index contributed by atoms with van der Waals surface area (Å²) in [4.78, 5) is 4.66. The molecule has 0 bridgehead atoms. The van der Waals surface area contributed by atoms with E-state index in [1.54, 1.807) is 35.0 Å². The Balaban J connectivity index is 0.000000449. The van der Waals surface area contributed by atoms with Crippen LogP contribution in [0.3, 0.4) is 0 Å². The average molecular weight is 783 g/mol. The molecular weight excluding hydrogens is 751 g/mol. The smallest absolute Gasteiger partial charge is 0.172 e. The van der Waals surface area contributed by atoms with Gasteiger partial charge in [-0.15, -0.1) is 17.0 Å². The van der Waals surface area contributed by atoms with Crippen LogP contribution >= 0.6 is 67.7 Å². The van der Waals surface area contributed by atoms with Gasteiger partial charge in [0, 0.05) is 28.8 Å². The Morgan fingerprint density at radius 1 is 0.953 bits per heavy atom. The van der Waals surface area contributed by atoms with Crippen LogP contribution < -0.4 is 21.9 Å². The fraction of sp³-hybridized carbons (Fsp3) is 0.172. The molecule has 5 aromatic rings. The summed E-state index contributed by atoms with van der Waals surface area (Å²) in [5.41, 5.74) is 5.29. The van der Waals surface area contributed by atoms with Crippen molar-refractivity contribution in [2.45, 2.75) is 13.5 Å². The van der Waals surface area contributed by atoms with E-state index >= 15 is 0 Å². The predicted molar refractivity (Wildman–Crippen MR) is 185 cm³/mol. The van der Waals surface area contributed by atoms with Gasteiger partial charge in [-0.2, -0.15) is 9.61 Å². The number of hydrazine groups is 1. The highest BCUT2D eigenvalue weighted by Gasteiger charge is 2.12. The van der Waals surface area contributed by atoms with Gasteiger partial charge in [-0.25, -0.2) is 14.8 Å². The lowest BCUT2D eigenvalue weighted by atomic mass is 10.1. The number of rotatable bonds is 6. The number of hydrogen-bond donors (Lipinski definition) is 4. The molecule has 0 aliphatic heterocycles. The lowest BCUT2D eigenvalue weighted by Gasteiger charge is -2.11. The third kappa shape index (κ3) is 13.0. The number of nitrogens with one attached hydrogen (secondary N) is 3. The SMILES string of the molecule is Br.CCF.CNCNN.Clc1ccccc1Cl.Fc1ccccc1CNc1cc(-c2cccc(Cl)c2)nc2c(Br)cnn12. The number of hydrogen-bond acceptors (Lipinski definition) is 6. The molecule has 0 aliphatic carbocycles. The second-order valence-corrected chi connectivity index (χ2v) is 10.2. The molecule has 0 aliphatic rings. The number of anilines is 1. The number of halogens is 7. The van der Waals surface area contributed by atoms with E-state index in [0.717, 1.165) is 15.7 Å². The summed E-state index contributed by atoms with van der Waals surface area (Å²) in [5.74, 6) is 5.29. The number of aromatic nitrogens is 3. The second kappa shape index (κ2) is 21.4. The van der Waals surface area contributed by atoms with Gasteiger partial charge in [0.05, 0.1) is 39.8 Å². The van der Waals surface area contributed by atoms with Gasteiger partial charge in [-0.1, -0.05) is 77.3 Å². The van der Waals surface area contributed by atoms with Gasteiger partial charge < -0.3 is 10.6 Å². The number of fused-ring (bicyclic) bond motifs is 1. The molecule has 5 rings (SSSR count). The van der Waals surface area contributed by atoms with Gasteiger partial charge in [-0.3, -0.25) is 10.2 Å². The molecule has 14 heteroatoms. The summed E-state index contributed by atoms with van der Waals surface area (Å²) in [6.45, 7) is 2.21. The Morgan fingerprint density at radius 2 is 1.58 bits per heavy atom. The van der Waals surface area contributed by atoms with Crippen LogP contribution in [0.15, 0.2) is 89.5 Å². The molecule has 7 nitrogen and oxygen atoms in total. The van der Waals surface area contributed by atoms with E-state index in [9.17, 15) is 8.78 Å². The predicted octanol–water partition coefficient (Wildman–Crippen LogP) is 8.74. The molecule has 2 aromatic heterocycles. The maximum atomic E-state index is 13.9. The Morgan fingerprint density at radius 3 is 2.12 bits per heavy atom. The maximum Gasteiger partial charge on any atom is 0.172 e. The van der Waals surface area contributed by atoms with Gasteiger partial charge in [0.15, 0.2) is 5.65 Å². The highest BCUT2D eigenvalue weighted by atomic mass is 79.9. The minimum absolute atomic E-state index is 0. The van der Waals surface area contributed by atoms with Gasteiger partial charge >= 0.3 is 0 Å². The van der Waals surface area contributed by atoms with Crippen LogP contribution in [0.5, 0.6) is 0 Å².